The van der Waals surface area contributed by atoms with E-state index < -0.39 is 0 Å². The third kappa shape index (κ3) is 2.32. The van der Waals surface area contributed by atoms with Crippen molar-refractivity contribution in [3.63, 3.8) is 0 Å². The van der Waals surface area contributed by atoms with Crippen molar-refractivity contribution in [3.05, 3.63) is 34.1 Å². The highest BCUT2D eigenvalue weighted by Gasteiger charge is 2.19. The fraction of sp³-hybridized carbons (Fsp3) is 0.500. The summed E-state index contributed by atoms with van der Waals surface area (Å²) in [5.74, 6) is 0.358. The minimum atomic E-state index is -0.169. The molecule has 1 N–H and O–H groups in total. The molecular weight excluding hydrogens is 213 g/mol. The number of nitrogens with one attached hydrogen (secondary N) is 1. The molecule has 0 aliphatic carbocycles. The Morgan fingerprint density at radius 3 is 3.00 bits per heavy atom. The molecule has 1 heterocycles. The van der Waals surface area contributed by atoms with Crippen molar-refractivity contribution in [1.82, 2.24) is 5.32 Å². The van der Waals surface area contributed by atoms with Gasteiger partial charge in [0, 0.05) is 10.6 Å². The van der Waals surface area contributed by atoms with E-state index in [0.717, 1.165) is 31.5 Å². The maximum atomic E-state index is 13.6. The molecule has 1 aromatic rings. The van der Waals surface area contributed by atoms with Gasteiger partial charge in [0.2, 0.25) is 0 Å². The van der Waals surface area contributed by atoms with Crippen molar-refractivity contribution in [2.24, 2.45) is 5.92 Å². The Balaban J connectivity index is 2.22. The van der Waals surface area contributed by atoms with Crippen LogP contribution in [0.1, 0.15) is 17.5 Å². The molecule has 1 fully saturated rings. The Bertz CT molecular complexity index is 359. The van der Waals surface area contributed by atoms with Crippen LogP contribution in [0, 0.1) is 18.7 Å². The van der Waals surface area contributed by atoms with E-state index in [1.54, 1.807) is 6.07 Å². The van der Waals surface area contributed by atoms with E-state index in [0.29, 0.717) is 16.5 Å². The zero-order valence-electron chi connectivity index (χ0n) is 8.82. The van der Waals surface area contributed by atoms with Gasteiger partial charge in [-0.1, -0.05) is 17.7 Å². The van der Waals surface area contributed by atoms with Crippen molar-refractivity contribution in [2.75, 3.05) is 13.1 Å². The highest BCUT2D eigenvalue weighted by atomic mass is 35.5. The van der Waals surface area contributed by atoms with E-state index in [2.05, 4.69) is 5.32 Å². The first-order valence-electron chi connectivity index (χ1n) is 5.32. The lowest BCUT2D eigenvalue weighted by atomic mass is 9.97. The van der Waals surface area contributed by atoms with Gasteiger partial charge in [-0.25, -0.2) is 4.39 Å². The second-order valence-electron chi connectivity index (χ2n) is 4.22. The van der Waals surface area contributed by atoms with E-state index in [-0.39, 0.29) is 5.82 Å². The lowest BCUT2D eigenvalue weighted by molar-refractivity contribution is 0.543. The lowest BCUT2D eigenvalue weighted by Gasteiger charge is -2.12. The first-order chi connectivity index (χ1) is 7.18. The van der Waals surface area contributed by atoms with Gasteiger partial charge in [-0.3, -0.25) is 0 Å². The normalized spacial score (nSPS) is 20.9. The van der Waals surface area contributed by atoms with E-state index in [1.807, 2.05) is 6.92 Å². The maximum Gasteiger partial charge on any atom is 0.127 e. The molecular formula is C12H15ClFN. The van der Waals surface area contributed by atoms with Crippen LogP contribution in [0.3, 0.4) is 0 Å². The summed E-state index contributed by atoms with van der Waals surface area (Å²) >= 11 is 6.12. The second-order valence-corrected chi connectivity index (χ2v) is 4.60. The third-order valence-corrected chi connectivity index (χ3v) is 3.56. The first kappa shape index (κ1) is 10.9. The van der Waals surface area contributed by atoms with Crippen LogP contribution in [-0.2, 0) is 6.42 Å². The summed E-state index contributed by atoms with van der Waals surface area (Å²) in [7, 11) is 0. The highest BCUT2D eigenvalue weighted by molar-refractivity contribution is 6.32. The van der Waals surface area contributed by atoms with Gasteiger partial charge in [0.15, 0.2) is 0 Å². The third-order valence-electron chi connectivity index (χ3n) is 3.03. The standard InChI is InChI=1S/C12H15ClFN/c1-8-2-3-11(14)10(12(8)13)6-9-4-5-15-7-9/h2-3,9,15H,4-7H2,1H3. The van der Waals surface area contributed by atoms with E-state index in [1.165, 1.54) is 6.07 Å². The average Bonchev–Trinajstić information content (AvgIpc) is 2.71. The van der Waals surface area contributed by atoms with Crippen molar-refractivity contribution >= 4 is 11.6 Å². The number of hydrogen-bond acceptors (Lipinski definition) is 1. The molecule has 0 spiro atoms. The number of hydrogen-bond donors (Lipinski definition) is 1. The van der Waals surface area contributed by atoms with Gasteiger partial charge in [-0.15, -0.1) is 0 Å². The van der Waals surface area contributed by atoms with Crippen molar-refractivity contribution in [1.29, 1.82) is 0 Å². The molecule has 0 radical (unpaired) electrons. The fourth-order valence-electron chi connectivity index (χ4n) is 2.08. The van der Waals surface area contributed by atoms with Crippen LogP contribution >= 0.6 is 11.6 Å². The molecule has 1 nitrogen and oxygen atoms in total. The van der Waals surface area contributed by atoms with E-state index >= 15 is 0 Å². The average molecular weight is 228 g/mol. The fourth-order valence-corrected chi connectivity index (χ4v) is 2.31. The summed E-state index contributed by atoms with van der Waals surface area (Å²) < 4.78 is 13.6. The summed E-state index contributed by atoms with van der Waals surface area (Å²) in [5, 5.41) is 3.88. The van der Waals surface area contributed by atoms with Crippen molar-refractivity contribution in [3.8, 4) is 0 Å². The SMILES string of the molecule is Cc1ccc(F)c(CC2CCNC2)c1Cl. The Morgan fingerprint density at radius 2 is 2.33 bits per heavy atom. The van der Waals surface area contributed by atoms with Crippen LogP contribution in [0.5, 0.6) is 0 Å². The Labute approximate surface area is 94.6 Å². The quantitative estimate of drug-likeness (QED) is 0.819. The van der Waals surface area contributed by atoms with Crippen LogP contribution in [0.25, 0.3) is 0 Å². The molecule has 2 rings (SSSR count). The molecule has 0 amide bonds. The minimum Gasteiger partial charge on any atom is -0.316 e. The topological polar surface area (TPSA) is 12.0 Å². The monoisotopic (exact) mass is 227 g/mol. The lowest BCUT2D eigenvalue weighted by Crippen LogP contribution is -2.11. The van der Waals surface area contributed by atoms with Gasteiger partial charge >= 0.3 is 0 Å². The Kier molecular flexibility index (Phi) is 3.27. The largest absolute Gasteiger partial charge is 0.316 e. The van der Waals surface area contributed by atoms with E-state index in [9.17, 15) is 4.39 Å². The summed E-state index contributed by atoms with van der Waals surface area (Å²) in [6.07, 6.45) is 1.86. The highest BCUT2D eigenvalue weighted by Crippen LogP contribution is 2.27. The number of aryl methyl sites for hydroxylation is 1. The predicted molar refractivity (Wildman–Crippen MR) is 60.8 cm³/mol. The van der Waals surface area contributed by atoms with Crippen LogP contribution in [0.2, 0.25) is 5.02 Å². The summed E-state index contributed by atoms with van der Waals surface area (Å²) in [6, 6.07) is 3.24. The molecule has 15 heavy (non-hydrogen) atoms. The van der Waals surface area contributed by atoms with Crippen LogP contribution in [0.4, 0.5) is 4.39 Å². The number of halogens is 2. The predicted octanol–water partition coefficient (Wildman–Crippen LogP) is 2.94. The molecule has 1 aliphatic rings. The second kappa shape index (κ2) is 4.50. The van der Waals surface area contributed by atoms with Crippen LogP contribution in [-0.4, -0.2) is 13.1 Å². The van der Waals surface area contributed by atoms with Gasteiger partial charge in [-0.2, -0.15) is 0 Å². The molecule has 1 unspecified atom stereocenters. The summed E-state index contributed by atoms with van der Waals surface area (Å²) in [6.45, 7) is 3.93. The van der Waals surface area contributed by atoms with Gasteiger partial charge in [0.05, 0.1) is 0 Å². The Morgan fingerprint density at radius 1 is 1.53 bits per heavy atom. The van der Waals surface area contributed by atoms with Crippen molar-refractivity contribution in [2.45, 2.75) is 19.8 Å². The van der Waals surface area contributed by atoms with Crippen LogP contribution < -0.4 is 5.32 Å². The smallest absolute Gasteiger partial charge is 0.127 e. The zero-order valence-corrected chi connectivity index (χ0v) is 9.57. The molecule has 1 aromatic carbocycles. The summed E-state index contributed by atoms with van der Waals surface area (Å²) in [4.78, 5) is 0. The Hall–Kier alpha value is -0.600. The maximum absolute atomic E-state index is 13.6. The van der Waals surface area contributed by atoms with Gasteiger partial charge in [-0.05, 0) is 50.4 Å². The number of rotatable bonds is 2. The first-order valence-corrected chi connectivity index (χ1v) is 5.70. The molecule has 3 heteroatoms. The summed E-state index contributed by atoms with van der Waals surface area (Å²) in [5.41, 5.74) is 1.64. The minimum absolute atomic E-state index is 0.169. The van der Waals surface area contributed by atoms with Gasteiger partial charge in [0.1, 0.15) is 5.82 Å². The van der Waals surface area contributed by atoms with E-state index in [4.69, 9.17) is 11.6 Å². The van der Waals surface area contributed by atoms with Crippen molar-refractivity contribution < 1.29 is 4.39 Å². The van der Waals surface area contributed by atoms with Gasteiger partial charge < -0.3 is 5.32 Å². The molecule has 1 aliphatic heterocycles. The number of benzene rings is 1. The zero-order chi connectivity index (χ0) is 10.8. The molecule has 82 valence electrons. The molecule has 1 atom stereocenters. The van der Waals surface area contributed by atoms with Gasteiger partial charge in [0.25, 0.3) is 0 Å². The molecule has 0 aromatic heterocycles. The molecule has 0 saturated carbocycles. The van der Waals surface area contributed by atoms with Crippen LogP contribution in [0.15, 0.2) is 12.1 Å². The molecule has 1 saturated heterocycles. The molecule has 0 bridgehead atoms.